The highest BCUT2D eigenvalue weighted by atomic mass is 16.5. The van der Waals surface area contributed by atoms with Crippen LogP contribution in [0, 0.1) is 0 Å². The summed E-state index contributed by atoms with van der Waals surface area (Å²) in [6, 6.07) is 13.9. The summed E-state index contributed by atoms with van der Waals surface area (Å²) in [5, 5.41) is 18.7. The number of hydrogen-bond acceptors (Lipinski definition) is 4. The summed E-state index contributed by atoms with van der Waals surface area (Å²) in [4.78, 5) is 11.5. The summed E-state index contributed by atoms with van der Waals surface area (Å²) in [6.07, 6.45) is 3.35. The molecule has 2 N–H and O–H groups in total. The predicted molar refractivity (Wildman–Crippen MR) is 79.9 cm³/mol. The van der Waals surface area contributed by atoms with Crippen LogP contribution in [0.25, 0.3) is 6.08 Å². The third-order valence-corrected chi connectivity index (χ3v) is 2.89. The minimum atomic E-state index is -0.474. The Balaban J connectivity index is 1.82. The maximum Gasteiger partial charge on any atom is 0.330 e. The number of phenols is 2. The predicted octanol–water partition coefficient (Wildman–Crippen LogP) is 2.90. The van der Waals surface area contributed by atoms with E-state index in [1.807, 2.05) is 30.3 Å². The van der Waals surface area contributed by atoms with Crippen molar-refractivity contribution in [1.82, 2.24) is 0 Å². The lowest BCUT2D eigenvalue weighted by Gasteiger charge is -2.02. The molecule has 0 radical (unpaired) electrons. The molecule has 0 aromatic heterocycles. The minimum absolute atomic E-state index is 0.0323. The van der Waals surface area contributed by atoms with Crippen molar-refractivity contribution in [3.8, 4) is 11.5 Å². The van der Waals surface area contributed by atoms with Crippen LogP contribution in [0.15, 0.2) is 54.6 Å². The molecule has 0 aliphatic carbocycles. The fraction of sp³-hybridized carbons (Fsp3) is 0.118. The zero-order valence-electron chi connectivity index (χ0n) is 11.4. The van der Waals surface area contributed by atoms with Crippen molar-refractivity contribution in [3.63, 3.8) is 0 Å². The molecule has 2 aromatic carbocycles. The second-order valence-corrected chi connectivity index (χ2v) is 4.48. The van der Waals surface area contributed by atoms with E-state index in [-0.39, 0.29) is 11.5 Å². The molecule has 21 heavy (non-hydrogen) atoms. The SMILES string of the molecule is O=C(/C=C/c1ccc(O)cc1O)OCCc1ccccc1. The van der Waals surface area contributed by atoms with Crippen LogP contribution in [-0.2, 0) is 16.0 Å². The first kappa shape index (κ1) is 14.7. The van der Waals surface area contributed by atoms with Crippen LogP contribution in [-0.4, -0.2) is 22.8 Å². The molecule has 2 rings (SSSR count). The van der Waals surface area contributed by atoms with E-state index < -0.39 is 5.97 Å². The molecular weight excluding hydrogens is 268 g/mol. The quantitative estimate of drug-likeness (QED) is 0.654. The number of rotatable bonds is 5. The maximum atomic E-state index is 11.5. The number of phenolic OH excluding ortho intramolecular Hbond substituents is 2. The fourth-order valence-electron chi connectivity index (χ4n) is 1.79. The van der Waals surface area contributed by atoms with Gasteiger partial charge in [-0.1, -0.05) is 30.3 Å². The number of carbonyl (C=O) groups excluding carboxylic acids is 1. The maximum absolute atomic E-state index is 11.5. The molecule has 108 valence electrons. The summed E-state index contributed by atoms with van der Waals surface area (Å²) in [6.45, 7) is 0.300. The van der Waals surface area contributed by atoms with Gasteiger partial charge in [0.2, 0.25) is 0 Å². The topological polar surface area (TPSA) is 66.8 Å². The van der Waals surface area contributed by atoms with Crippen molar-refractivity contribution < 1.29 is 19.7 Å². The third kappa shape index (κ3) is 4.69. The molecule has 2 aromatic rings. The fourth-order valence-corrected chi connectivity index (χ4v) is 1.79. The number of esters is 1. The average Bonchev–Trinajstić information content (AvgIpc) is 2.47. The van der Waals surface area contributed by atoms with Gasteiger partial charge in [0.25, 0.3) is 0 Å². The van der Waals surface area contributed by atoms with Crippen molar-refractivity contribution in [2.24, 2.45) is 0 Å². The van der Waals surface area contributed by atoms with Crippen molar-refractivity contribution in [1.29, 1.82) is 0 Å². The van der Waals surface area contributed by atoms with Gasteiger partial charge in [0.1, 0.15) is 11.5 Å². The van der Waals surface area contributed by atoms with E-state index in [2.05, 4.69) is 0 Å². The molecular formula is C17H16O4. The normalized spacial score (nSPS) is 10.7. The van der Waals surface area contributed by atoms with Gasteiger partial charge in [0.15, 0.2) is 0 Å². The highest BCUT2D eigenvalue weighted by molar-refractivity contribution is 5.87. The second-order valence-electron chi connectivity index (χ2n) is 4.48. The lowest BCUT2D eigenvalue weighted by atomic mass is 10.2. The number of hydrogen-bond donors (Lipinski definition) is 2. The van der Waals surface area contributed by atoms with Gasteiger partial charge in [0, 0.05) is 24.1 Å². The molecule has 0 aliphatic rings. The first-order valence-corrected chi connectivity index (χ1v) is 6.56. The standard InChI is InChI=1S/C17H16O4/c18-15-8-6-14(16(19)12-15)7-9-17(20)21-11-10-13-4-2-1-3-5-13/h1-9,12,18-19H,10-11H2/b9-7+. The van der Waals surface area contributed by atoms with Gasteiger partial charge in [-0.05, 0) is 23.8 Å². The van der Waals surface area contributed by atoms with Gasteiger partial charge in [-0.15, -0.1) is 0 Å². The Kier molecular flexibility index (Phi) is 4.99. The summed E-state index contributed by atoms with van der Waals surface area (Å²) in [5.41, 5.74) is 1.54. The van der Waals surface area contributed by atoms with Gasteiger partial charge in [0.05, 0.1) is 6.61 Å². The van der Waals surface area contributed by atoms with Gasteiger partial charge in [-0.2, -0.15) is 0 Å². The Labute approximate surface area is 122 Å². The van der Waals surface area contributed by atoms with Crippen LogP contribution in [0.2, 0.25) is 0 Å². The monoisotopic (exact) mass is 284 g/mol. The second kappa shape index (κ2) is 7.14. The Morgan fingerprint density at radius 3 is 2.57 bits per heavy atom. The van der Waals surface area contributed by atoms with Crippen LogP contribution < -0.4 is 0 Å². The number of benzene rings is 2. The number of aromatic hydroxyl groups is 2. The van der Waals surface area contributed by atoms with Gasteiger partial charge in [-0.25, -0.2) is 4.79 Å². The molecule has 0 saturated heterocycles. The van der Waals surface area contributed by atoms with E-state index in [1.54, 1.807) is 0 Å². The highest BCUT2D eigenvalue weighted by Crippen LogP contribution is 2.23. The molecule has 0 fully saturated rings. The van der Waals surface area contributed by atoms with E-state index in [9.17, 15) is 9.90 Å². The smallest absolute Gasteiger partial charge is 0.330 e. The van der Waals surface area contributed by atoms with E-state index in [0.29, 0.717) is 18.6 Å². The molecule has 0 aliphatic heterocycles. The van der Waals surface area contributed by atoms with Gasteiger partial charge < -0.3 is 14.9 Å². The minimum Gasteiger partial charge on any atom is -0.508 e. The molecule has 0 atom stereocenters. The van der Waals surface area contributed by atoms with Crippen LogP contribution in [0.4, 0.5) is 0 Å². The van der Waals surface area contributed by atoms with Crippen molar-refractivity contribution in [2.45, 2.75) is 6.42 Å². The van der Waals surface area contributed by atoms with Crippen molar-refractivity contribution in [3.05, 3.63) is 65.7 Å². The highest BCUT2D eigenvalue weighted by Gasteiger charge is 2.01. The molecule has 4 nitrogen and oxygen atoms in total. The first-order valence-electron chi connectivity index (χ1n) is 6.56. The molecule has 0 saturated carbocycles. The van der Waals surface area contributed by atoms with Gasteiger partial charge >= 0.3 is 5.97 Å². The van der Waals surface area contributed by atoms with Crippen molar-refractivity contribution in [2.75, 3.05) is 6.61 Å². The van der Waals surface area contributed by atoms with Crippen molar-refractivity contribution >= 4 is 12.0 Å². The van der Waals surface area contributed by atoms with Crippen LogP contribution >= 0.6 is 0 Å². The molecule has 0 amide bonds. The Morgan fingerprint density at radius 1 is 1.10 bits per heavy atom. The van der Waals surface area contributed by atoms with E-state index in [1.165, 1.54) is 30.4 Å². The van der Waals surface area contributed by atoms with E-state index >= 15 is 0 Å². The molecule has 4 heteroatoms. The Morgan fingerprint density at radius 2 is 1.86 bits per heavy atom. The summed E-state index contributed by atoms with van der Waals surface area (Å²) < 4.78 is 5.07. The molecule has 0 heterocycles. The Bertz CT molecular complexity index is 632. The molecule has 0 bridgehead atoms. The van der Waals surface area contributed by atoms with Crippen LogP contribution in [0.3, 0.4) is 0 Å². The van der Waals surface area contributed by atoms with E-state index in [0.717, 1.165) is 5.56 Å². The summed E-state index contributed by atoms with van der Waals surface area (Å²) in [5.74, 6) is -0.600. The Hall–Kier alpha value is -2.75. The van der Waals surface area contributed by atoms with Crippen LogP contribution in [0.1, 0.15) is 11.1 Å². The largest absolute Gasteiger partial charge is 0.508 e. The van der Waals surface area contributed by atoms with Crippen LogP contribution in [0.5, 0.6) is 11.5 Å². The number of ether oxygens (including phenoxy) is 1. The average molecular weight is 284 g/mol. The first-order chi connectivity index (χ1) is 10.1. The summed E-state index contributed by atoms with van der Waals surface area (Å²) >= 11 is 0. The van der Waals surface area contributed by atoms with Gasteiger partial charge in [-0.3, -0.25) is 0 Å². The third-order valence-electron chi connectivity index (χ3n) is 2.89. The molecule has 0 spiro atoms. The number of carbonyl (C=O) groups is 1. The zero-order valence-corrected chi connectivity index (χ0v) is 11.4. The van der Waals surface area contributed by atoms with E-state index in [4.69, 9.17) is 9.84 Å². The lowest BCUT2D eigenvalue weighted by molar-refractivity contribution is -0.137. The summed E-state index contributed by atoms with van der Waals surface area (Å²) in [7, 11) is 0. The zero-order chi connectivity index (χ0) is 15.1. The lowest BCUT2D eigenvalue weighted by Crippen LogP contribution is -2.04. The molecule has 0 unspecified atom stereocenters.